The van der Waals surface area contributed by atoms with Gasteiger partial charge in [0.1, 0.15) is 11.5 Å². The first-order valence-electron chi connectivity index (χ1n) is 6.66. The molecule has 1 rings (SSSR count). The van der Waals surface area contributed by atoms with Crippen LogP contribution in [-0.2, 0) is 4.74 Å². The van der Waals surface area contributed by atoms with Crippen molar-refractivity contribution in [1.82, 2.24) is 0 Å². The predicted molar refractivity (Wildman–Crippen MR) is 96.2 cm³/mol. The fraction of sp³-hybridized carbons (Fsp3) is 0.500. The van der Waals surface area contributed by atoms with E-state index in [1.165, 1.54) is 0 Å². The molecule has 0 saturated heterocycles. The van der Waals surface area contributed by atoms with Crippen LogP contribution in [0.2, 0.25) is 0 Å². The van der Waals surface area contributed by atoms with Crippen molar-refractivity contribution in [2.45, 2.75) is 13.8 Å². The second-order valence-electron chi connectivity index (χ2n) is 3.91. The minimum atomic E-state index is 0. The summed E-state index contributed by atoms with van der Waals surface area (Å²) in [5.41, 5.74) is 6.56. The van der Waals surface area contributed by atoms with Crippen LogP contribution in [0.15, 0.2) is 23.2 Å². The zero-order valence-electron chi connectivity index (χ0n) is 12.7. The maximum Gasteiger partial charge on any atom is 0.193 e. The maximum absolute atomic E-state index is 5.82. The molecule has 0 aliphatic carbocycles. The van der Waals surface area contributed by atoms with Gasteiger partial charge in [0, 0.05) is 13.2 Å². The largest absolute Gasteiger partial charge is 0.494 e. The van der Waals surface area contributed by atoms with Gasteiger partial charge >= 0.3 is 0 Å². The van der Waals surface area contributed by atoms with Gasteiger partial charge in [0.15, 0.2) is 5.96 Å². The number of ether oxygens (including phenoxy) is 3. The van der Waals surface area contributed by atoms with E-state index in [2.05, 4.69) is 10.3 Å². The zero-order chi connectivity index (χ0) is 14.8. The summed E-state index contributed by atoms with van der Waals surface area (Å²) in [6.45, 7) is 6.07. The van der Waals surface area contributed by atoms with E-state index < -0.39 is 0 Å². The molecule has 0 unspecified atom stereocenters. The van der Waals surface area contributed by atoms with Crippen molar-refractivity contribution in [3.63, 3.8) is 0 Å². The van der Waals surface area contributed by atoms with E-state index in [1.807, 2.05) is 32.0 Å². The highest BCUT2D eigenvalue weighted by atomic mass is 127. The van der Waals surface area contributed by atoms with Crippen LogP contribution in [0.5, 0.6) is 11.5 Å². The monoisotopic (exact) mass is 409 g/mol. The Hall–Kier alpha value is -1.22. The average molecular weight is 409 g/mol. The molecule has 21 heavy (non-hydrogen) atoms. The molecule has 120 valence electrons. The van der Waals surface area contributed by atoms with Crippen molar-refractivity contribution in [2.75, 3.05) is 38.8 Å². The van der Waals surface area contributed by atoms with Gasteiger partial charge in [0.25, 0.3) is 0 Å². The fourth-order valence-corrected chi connectivity index (χ4v) is 1.58. The molecule has 3 N–H and O–H groups in total. The third kappa shape index (κ3) is 7.37. The first-order chi connectivity index (χ1) is 9.71. The number of nitrogens with one attached hydrogen (secondary N) is 1. The third-order valence-electron chi connectivity index (χ3n) is 2.40. The van der Waals surface area contributed by atoms with Crippen molar-refractivity contribution in [3.05, 3.63) is 18.2 Å². The molecule has 0 spiro atoms. The fourth-order valence-electron chi connectivity index (χ4n) is 1.58. The number of benzene rings is 1. The molecule has 0 heterocycles. The van der Waals surface area contributed by atoms with Gasteiger partial charge in [-0.3, -0.25) is 4.99 Å². The van der Waals surface area contributed by atoms with Crippen LogP contribution in [0.3, 0.4) is 0 Å². The summed E-state index contributed by atoms with van der Waals surface area (Å²) in [6.07, 6.45) is 0. The van der Waals surface area contributed by atoms with E-state index in [0.717, 1.165) is 11.4 Å². The SMILES string of the molecule is CCOc1ccc(OCC)c(NC(N)=NCCOC)c1.I. The van der Waals surface area contributed by atoms with E-state index in [4.69, 9.17) is 19.9 Å². The van der Waals surface area contributed by atoms with Crippen molar-refractivity contribution >= 4 is 35.6 Å². The smallest absolute Gasteiger partial charge is 0.193 e. The van der Waals surface area contributed by atoms with Gasteiger partial charge in [-0.2, -0.15) is 0 Å². The van der Waals surface area contributed by atoms with Gasteiger partial charge in [-0.15, -0.1) is 24.0 Å². The molecule has 1 aromatic rings. The second-order valence-corrected chi connectivity index (χ2v) is 3.91. The molecule has 0 amide bonds. The summed E-state index contributed by atoms with van der Waals surface area (Å²) < 4.78 is 15.9. The summed E-state index contributed by atoms with van der Waals surface area (Å²) in [5.74, 6) is 1.78. The summed E-state index contributed by atoms with van der Waals surface area (Å²) in [7, 11) is 1.62. The van der Waals surface area contributed by atoms with Crippen LogP contribution < -0.4 is 20.5 Å². The number of guanidine groups is 1. The lowest BCUT2D eigenvalue weighted by atomic mass is 10.2. The molecule has 0 aliphatic rings. The van der Waals surface area contributed by atoms with Crippen molar-refractivity contribution < 1.29 is 14.2 Å². The predicted octanol–water partition coefficient (Wildman–Crippen LogP) is 2.48. The zero-order valence-corrected chi connectivity index (χ0v) is 15.0. The number of rotatable bonds is 8. The molecule has 1 aromatic carbocycles. The first kappa shape index (κ1) is 19.8. The van der Waals surface area contributed by atoms with Crippen LogP contribution in [0, 0.1) is 0 Å². The molecule has 7 heteroatoms. The van der Waals surface area contributed by atoms with E-state index in [-0.39, 0.29) is 24.0 Å². The van der Waals surface area contributed by atoms with Crippen molar-refractivity contribution in [3.8, 4) is 11.5 Å². The van der Waals surface area contributed by atoms with Gasteiger partial charge in [-0.05, 0) is 26.0 Å². The molecule has 0 aliphatic heterocycles. The van der Waals surface area contributed by atoms with Crippen LogP contribution in [0.25, 0.3) is 0 Å². The van der Waals surface area contributed by atoms with Crippen LogP contribution in [0.1, 0.15) is 13.8 Å². The molecule has 0 aromatic heterocycles. The topological polar surface area (TPSA) is 78.1 Å². The quantitative estimate of drug-likeness (QED) is 0.299. The van der Waals surface area contributed by atoms with Gasteiger partial charge in [-0.25, -0.2) is 0 Å². The van der Waals surface area contributed by atoms with E-state index in [0.29, 0.717) is 38.1 Å². The van der Waals surface area contributed by atoms with E-state index in [1.54, 1.807) is 7.11 Å². The maximum atomic E-state index is 5.82. The number of nitrogens with two attached hydrogens (primary N) is 1. The molecule has 6 nitrogen and oxygen atoms in total. The lowest BCUT2D eigenvalue weighted by Gasteiger charge is -2.13. The number of methoxy groups -OCH3 is 1. The van der Waals surface area contributed by atoms with Crippen LogP contribution in [-0.4, -0.2) is 39.4 Å². The highest BCUT2D eigenvalue weighted by molar-refractivity contribution is 14.0. The Morgan fingerprint density at radius 2 is 1.95 bits per heavy atom. The molecular formula is C14H24IN3O3. The minimum Gasteiger partial charge on any atom is -0.494 e. The Labute approximate surface area is 143 Å². The number of aliphatic imine (C=N–C) groups is 1. The van der Waals surface area contributed by atoms with Crippen molar-refractivity contribution in [2.24, 2.45) is 10.7 Å². The Morgan fingerprint density at radius 1 is 1.24 bits per heavy atom. The standard InChI is InChI=1S/C14H23N3O3.HI/c1-4-19-11-6-7-13(20-5-2)12(10-11)17-14(15)16-8-9-18-3;/h6-7,10H,4-5,8-9H2,1-3H3,(H3,15,16,17);1H. The third-order valence-corrected chi connectivity index (χ3v) is 2.40. The Balaban J connectivity index is 0.00000400. The molecule has 0 bridgehead atoms. The Morgan fingerprint density at radius 3 is 2.57 bits per heavy atom. The lowest BCUT2D eigenvalue weighted by molar-refractivity contribution is 0.208. The summed E-state index contributed by atoms with van der Waals surface area (Å²) in [4.78, 5) is 4.15. The van der Waals surface area contributed by atoms with Gasteiger partial charge in [0.2, 0.25) is 0 Å². The molecule has 0 atom stereocenters. The number of hydrogen-bond acceptors (Lipinski definition) is 4. The summed E-state index contributed by atoms with van der Waals surface area (Å²) in [6, 6.07) is 5.55. The molecule has 0 radical (unpaired) electrons. The average Bonchev–Trinajstić information content (AvgIpc) is 2.42. The molecular weight excluding hydrogens is 385 g/mol. The normalized spacial score (nSPS) is 10.7. The number of anilines is 1. The second kappa shape index (κ2) is 11.4. The molecule has 0 fully saturated rings. The Bertz CT molecular complexity index is 441. The van der Waals surface area contributed by atoms with E-state index >= 15 is 0 Å². The summed E-state index contributed by atoms with van der Waals surface area (Å²) >= 11 is 0. The van der Waals surface area contributed by atoms with Gasteiger partial charge in [-0.1, -0.05) is 0 Å². The van der Waals surface area contributed by atoms with Gasteiger partial charge < -0.3 is 25.3 Å². The van der Waals surface area contributed by atoms with Crippen molar-refractivity contribution in [1.29, 1.82) is 0 Å². The number of halogens is 1. The number of hydrogen-bond donors (Lipinski definition) is 2. The van der Waals surface area contributed by atoms with Crippen LogP contribution in [0.4, 0.5) is 5.69 Å². The number of nitrogens with zero attached hydrogens (tertiary/aromatic N) is 1. The molecule has 0 saturated carbocycles. The highest BCUT2D eigenvalue weighted by Crippen LogP contribution is 2.29. The summed E-state index contributed by atoms with van der Waals surface area (Å²) in [5, 5.41) is 3.02. The highest BCUT2D eigenvalue weighted by Gasteiger charge is 2.07. The lowest BCUT2D eigenvalue weighted by Crippen LogP contribution is -2.23. The van der Waals surface area contributed by atoms with Gasteiger partial charge in [0.05, 0.1) is 32.1 Å². The first-order valence-corrected chi connectivity index (χ1v) is 6.66. The van der Waals surface area contributed by atoms with Crippen LogP contribution >= 0.6 is 24.0 Å². The Kier molecular flexibility index (Phi) is 10.8. The minimum absolute atomic E-state index is 0. The van der Waals surface area contributed by atoms with E-state index in [9.17, 15) is 0 Å².